The molecule has 29 heavy (non-hydrogen) atoms. The van der Waals surface area contributed by atoms with Crippen LogP contribution in [0.1, 0.15) is 35.3 Å². The van der Waals surface area contributed by atoms with E-state index in [1.165, 1.54) is 16.0 Å². The highest BCUT2D eigenvalue weighted by Gasteiger charge is 2.18. The maximum absolute atomic E-state index is 12.7. The first-order chi connectivity index (χ1) is 13.9. The van der Waals surface area contributed by atoms with Gasteiger partial charge in [-0.15, -0.1) is 11.3 Å². The van der Waals surface area contributed by atoms with Crippen molar-refractivity contribution in [2.45, 2.75) is 40.3 Å². The fraction of sp³-hybridized carbons (Fsp3) is 0.261. The number of aromatic nitrogens is 3. The van der Waals surface area contributed by atoms with Gasteiger partial charge in [0.2, 0.25) is 5.91 Å². The summed E-state index contributed by atoms with van der Waals surface area (Å²) in [6.45, 7) is 8.26. The molecule has 1 N–H and O–H groups in total. The van der Waals surface area contributed by atoms with E-state index in [0.717, 1.165) is 27.9 Å². The molecular weight excluding hydrogens is 380 g/mol. The normalized spacial score (nSPS) is 12.3. The molecule has 4 aromatic rings. The van der Waals surface area contributed by atoms with Gasteiger partial charge in [-0.3, -0.25) is 4.79 Å². The number of aryl methyl sites for hydroxylation is 3. The van der Waals surface area contributed by atoms with Gasteiger partial charge in [-0.1, -0.05) is 29.8 Å². The standard InChI is InChI=1S/C23H24N4OS/c1-14-7-8-18(15(2)12-14)16(3)25-21(28)13-27-23-22(17(4)26-27)19(9-10-24-23)20-6-5-11-29-20/h5-12,16H,13H2,1-4H3,(H,25,28). The third-order valence-electron chi connectivity index (χ3n) is 5.16. The Morgan fingerprint density at radius 1 is 1.21 bits per heavy atom. The van der Waals surface area contributed by atoms with Crippen LogP contribution in [0, 0.1) is 20.8 Å². The maximum atomic E-state index is 12.7. The highest BCUT2D eigenvalue weighted by molar-refractivity contribution is 7.13. The van der Waals surface area contributed by atoms with Crippen LogP contribution in [-0.2, 0) is 11.3 Å². The van der Waals surface area contributed by atoms with Gasteiger partial charge in [0.05, 0.1) is 17.1 Å². The van der Waals surface area contributed by atoms with Gasteiger partial charge in [-0.05, 0) is 56.3 Å². The molecule has 1 aromatic carbocycles. The van der Waals surface area contributed by atoms with Gasteiger partial charge >= 0.3 is 0 Å². The molecule has 0 fully saturated rings. The lowest BCUT2D eigenvalue weighted by Crippen LogP contribution is -2.30. The number of carbonyl (C=O) groups is 1. The van der Waals surface area contributed by atoms with Gasteiger partial charge in [0.1, 0.15) is 6.54 Å². The Bertz CT molecular complexity index is 1180. The summed E-state index contributed by atoms with van der Waals surface area (Å²) in [6.07, 6.45) is 1.78. The first kappa shape index (κ1) is 19.3. The number of amides is 1. The van der Waals surface area contributed by atoms with E-state index in [1.54, 1.807) is 22.2 Å². The summed E-state index contributed by atoms with van der Waals surface area (Å²) in [5.74, 6) is -0.0785. The van der Waals surface area contributed by atoms with Crippen LogP contribution in [0.3, 0.4) is 0 Å². The van der Waals surface area contributed by atoms with Gasteiger partial charge in [-0.2, -0.15) is 5.10 Å². The third-order valence-corrected chi connectivity index (χ3v) is 6.06. The number of nitrogens with one attached hydrogen (secondary N) is 1. The topological polar surface area (TPSA) is 59.8 Å². The van der Waals surface area contributed by atoms with Gasteiger partial charge < -0.3 is 5.32 Å². The Hall–Kier alpha value is -2.99. The van der Waals surface area contributed by atoms with Crippen LogP contribution in [0.5, 0.6) is 0 Å². The summed E-state index contributed by atoms with van der Waals surface area (Å²) < 4.78 is 1.70. The highest BCUT2D eigenvalue weighted by atomic mass is 32.1. The molecule has 0 bridgehead atoms. The van der Waals surface area contributed by atoms with Crippen molar-refractivity contribution >= 4 is 28.3 Å². The molecule has 3 heterocycles. The average molecular weight is 405 g/mol. The lowest BCUT2D eigenvalue weighted by Gasteiger charge is -2.17. The number of hydrogen-bond acceptors (Lipinski definition) is 4. The fourth-order valence-corrected chi connectivity index (χ4v) is 4.60. The zero-order valence-electron chi connectivity index (χ0n) is 17.1. The second-order valence-corrected chi connectivity index (χ2v) is 8.37. The van der Waals surface area contributed by atoms with Gasteiger partial charge in [0.15, 0.2) is 5.65 Å². The number of rotatable bonds is 5. The van der Waals surface area contributed by atoms with E-state index in [2.05, 4.69) is 58.9 Å². The lowest BCUT2D eigenvalue weighted by atomic mass is 10.0. The molecule has 0 saturated carbocycles. The molecule has 0 aliphatic carbocycles. The summed E-state index contributed by atoms with van der Waals surface area (Å²) in [6, 6.07) is 12.4. The third kappa shape index (κ3) is 3.80. The molecule has 6 heteroatoms. The van der Waals surface area contributed by atoms with Crippen LogP contribution in [0.15, 0.2) is 48.0 Å². The molecule has 0 radical (unpaired) electrons. The minimum Gasteiger partial charge on any atom is -0.348 e. The monoisotopic (exact) mass is 404 g/mol. The predicted octanol–water partition coefficient (Wildman–Crippen LogP) is 4.96. The first-order valence-electron chi connectivity index (χ1n) is 9.66. The molecule has 0 spiro atoms. The number of carbonyl (C=O) groups excluding carboxylic acids is 1. The van der Waals surface area contributed by atoms with Crippen molar-refractivity contribution < 1.29 is 4.79 Å². The van der Waals surface area contributed by atoms with E-state index in [9.17, 15) is 4.79 Å². The Balaban J connectivity index is 1.58. The molecule has 148 valence electrons. The van der Waals surface area contributed by atoms with E-state index < -0.39 is 0 Å². The molecule has 1 atom stereocenters. The number of hydrogen-bond donors (Lipinski definition) is 1. The average Bonchev–Trinajstić information content (AvgIpc) is 3.30. The van der Waals surface area contributed by atoms with Crippen molar-refractivity contribution in [2.24, 2.45) is 0 Å². The number of fused-ring (bicyclic) bond motifs is 1. The van der Waals surface area contributed by atoms with Crippen LogP contribution in [0.25, 0.3) is 21.5 Å². The zero-order chi connectivity index (χ0) is 20.5. The number of nitrogens with zero attached hydrogens (tertiary/aromatic N) is 3. The van der Waals surface area contributed by atoms with E-state index in [0.29, 0.717) is 0 Å². The van der Waals surface area contributed by atoms with Crippen molar-refractivity contribution in [3.63, 3.8) is 0 Å². The molecule has 4 rings (SSSR count). The SMILES string of the molecule is Cc1ccc(C(C)NC(=O)Cn2nc(C)c3c(-c4cccs4)ccnc32)c(C)c1. The van der Waals surface area contributed by atoms with Crippen molar-refractivity contribution in [1.29, 1.82) is 0 Å². The van der Waals surface area contributed by atoms with Crippen molar-refractivity contribution in [1.82, 2.24) is 20.1 Å². The Labute approximate surface area is 174 Å². The molecule has 0 aliphatic rings. The first-order valence-corrected chi connectivity index (χ1v) is 10.5. The Morgan fingerprint density at radius 2 is 2.03 bits per heavy atom. The fourth-order valence-electron chi connectivity index (χ4n) is 3.84. The molecule has 0 saturated heterocycles. The van der Waals surface area contributed by atoms with Crippen LogP contribution in [0.2, 0.25) is 0 Å². The number of thiophene rings is 1. The Morgan fingerprint density at radius 3 is 2.76 bits per heavy atom. The number of pyridine rings is 1. The minimum atomic E-state index is -0.0785. The summed E-state index contributed by atoms with van der Waals surface area (Å²) in [5, 5.41) is 10.8. The molecule has 5 nitrogen and oxygen atoms in total. The second kappa shape index (κ2) is 7.79. The number of benzene rings is 1. The van der Waals surface area contributed by atoms with Crippen LogP contribution in [-0.4, -0.2) is 20.7 Å². The van der Waals surface area contributed by atoms with Gasteiger partial charge in [0.25, 0.3) is 0 Å². The second-order valence-electron chi connectivity index (χ2n) is 7.43. The van der Waals surface area contributed by atoms with Crippen molar-refractivity contribution in [2.75, 3.05) is 0 Å². The molecular formula is C23H24N4OS. The van der Waals surface area contributed by atoms with E-state index in [1.807, 2.05) is 26.0 Å². The lowest BCUT2D eigenvalue weighted by molar-refractivity contribution is -0.122. The summed E-state index contributed by atoms with van der Waals surface area (Å²) in [5.41, 5.74) is 6.26. The summed E-state index contributed by atoms with van der Waals surface area (Å²) in [4.78, 5) is 18.4. The predicted molar refractivity (Wildman–Crippen MR) is 118 cm³/mol. The van der Waals surface area contributed by atoms with Crippen molar-refractivity contribution in [3.8, 4) is 10.4 Å². The van der Waals surface area contributed by atoms with Crippen LogP contribution < -0.4 is 5.32 Å². The maximum Gasteiger partial charge on any atom is 0.242 e. The largest absolute Gasteiger partial charge is 0.348 e. The summed E-state index contributed by atoms with van der Waals surface area (Å²) >= 11 is 1.69. The molecule has 0 aliphatic heterocycles. The molecule has 1 amide bonds. The minimum absolute atomic E-state index is 0.0688. The van der Waals surface area contributed by atoms with E-state index in [-0.39, 0.29) is 18.5 Å². The zero-order valence-corrected chi connectivity index (χ0v) is 17.9. The van der Waals surface area contributed by atoms with Gasteiger partial charge in [0, 0.05) is 16.6 Å². The van der Waals surface area contributed by atoms with Crippen molar-refractivity contribution in [3.05, 3.63) is 70.4 Å². The Kier molecular flexibility index (Phi) is 5.20. The molecule has 1 unspecified atom stereocenters. The van der Waals surface area contributed by atoms with E-state index >= 15 is 0 Å². The molecule has 3 aromatic heterocycles. The van der Waals surface area contributed by atoms with Crippen LogP contribution in [0.4, 0.5) is 0 Å². The van der Waals surface area contributed by atoms with E-state index in [4.69, 9.17) is 0 Å². The smallest absolute Gasteiger partial charge is 0.242 e. The highest BCUT2D eigenvalue weighted by Crippen LogP contribution is 2.32. The van der Waals surface area contributed by atoms with Gasteiger partial charge in [-0.25, -0.2) is 9.67 Å². The summed E-state index contributed by atoms with van der Waals surface area (Å²) in [7, 11) is 0. The van der Waals surface area contributed by atoms with Crippen LogP contribution >= 0.6 is 11.3 Å². The quantitative estimate of drug-likeness (QED) is 0.511.